The largest absolute Gasteiger partial charge is 0.491 e. The molecule has 4 heteroatoms. The van der Waals surface area contributed by atoms with Crippen molar-refractivity contribution >= 4 is 6.29 Å². The highest BCUT2D eigenvalue weighted by atomic mass is 16.5. The van der Waals surface area contributed by atoms with Gasteiger partial charge in [-0.2, -0.15) is 0 Å². The van der Waals surface area contributed by atoms with Crippen molar-refractivity contribution in [1.29, 1.82) is 0 Å². The molecule has 1 heterocycles. The Bertz CT molecular complexity index is 502. The van der Waals surface area contributed by atoms with Gasteiger partial charge in [0, 0.05) is 5.56 Å². The van der Waals surface area contributed by atoms with Crippen LogP contribution in [0.4, 0.5) is 0 Å². The molecule has 1 aromatic heterocycles. The number of furan rings is 1. The van der Waals surface area contributed by atoms with Crippen LogP contribution >= 0.6 is 0 Å². The van der Waals surface area contributed by atoms with E-state index in [1.807, 2.05) is 12.1 Å². The Labute approximate surface area is 98.4 Å². The Balaban J connectivity index is 2.22. The topological polar surface area (TPSA) is 59.7 Å². The number of aliphatic hydroxyl groups is 1. The number of aldehydes is 1. The summed E-state index contributed by atoms with van der Waals surface area (Å²) >= 11 is 0. The van der Waals surface area contributed by atoms with E-state index < -0.39 is 0 Å². The fourth-order valence-electron chi connectivity index (χ4n) is 1.47. The molecule has 0 spiro atoms. The molecule has 0 saturated carbocycles. The molecular weight excluding hydrogens is 220 g/mol. The quantitative estimate of drug-likeness (QED) is 0.802. The highest BCUT2D eigenvalue weighted by molar-refractivity contribution is 5.73. The molecule has 88 valence electrons. The predicted molar refractivity (Wildman–Crippen MR) is 62.1 cm³/mol. The number of aliphatic hydroxyl groups excluding tert-OH is 1. The minimum Gasteiger partial charge on any atom is -0.491 e. The first kappa shape index (κ1) is 11.4. The first-order valence-electron chi connectivity index (χ1n) is 5.22. The molecule has 17 heavy (non-hydrogen) atoms. The van der Waals surface area contributed by atoms with Crippen LogP contribution in [0.3, 0.4) is 0 Å². The van der Waals surface area contributed by atoms with Gasteiger partial charge in [-0.1, -0.05) is 12.1 Å². The molecule has 0 fully saturated rings. The number of rotatable bonds is 5. The Hall–Kier alpha value is -2.07. The molecule has 1 aromatic carbocycles. The lowest BCUT2D eigenvalue weighted by Crippen LogP contribution is -2.01. The first-order valence-corrected chi connectivity index (χ1v) is 5.22. The Morgan fingerprint density at radius 1 is 1.29 bits per heavy atom. The minimum absolute atomic E-state index is 0.0275. The summed E-state index contributed by atoms with van der Waals surface area (Å²) in [6.07, 6.45) is 0.662. The van der Waals surface area contributed by atoms with Gasteiger partial charge in [0.2, 0.25) is 0 Å². The van der Waals surface area contributed by atoms with E-state index >= 15 is 0 Å². The SMILES string of the molecule is O=Cc1ccc(-c2cccc(OCCO)c2)o1. The van der Waals surface area contributed by atoms with E-state index in [1.54, 1.807) is 24.3 Å². The van der Waals surface area contributed by atoms with Crippen molar-refractivity contribution < 1.29 is 19.1 Å². The van der Waals surface area contributed by atoms with Crippen LogP contribution in [0, 0.1) is 0 Å². The van der Waals surface area contributed by atoms with Gasteiger partial charge in [-0.05, 0) is 24.3 Å². The van der Waals surface area contributed by atoms with Gasteiger partial charge in [0.1, 0.15) is 18.1 Å². The number of carbonyl (C=O) groups is 1. The molecule has 0 unspecified atom stereocenters. The maximum absolute atomic E-state index is 10.5. The molecule has 0 bridgehead atoms. The van der Waals surface area contributed by atoms with Gasteiger partial charge in [0.15, 0.2) is 12.0 Å². The van der Waals surface area contributed by atoms with E-state index in [0.717, 1.165) is 5.56 Å². The monoisotopic (exact) mass is 232 g/mol. The zero-order chi connectivity index (χ0) is 12.1. The molecule has 1 N–H and O–H groups in total. The Kier molecular flexibility index (Phi) is 3.57. The molecule has 0 radical (unpaired) electrons. The van der Waals surface area contributed by atoms with Gasteiger partial charge >= 0.3 is 0 Å². The van der Waals surface area contributed by atoms with Crippen molar-refractivity contribution in [2.75, 3.05) is 13.2 Å². The van der Waals surface area contributed by atoms with Crippen LogP contribution in [0.1, 0.15) is 10.6 Å². The van der Waals surface area contributed by atoms with Gasteiger partial charge in [0.05, 0.1) is 6.61 Å². The number of carbonyl (C=O) groups excluding carboxylic acids is 1. The van der Waals surface area contributed by atoms with Gasteiger partial charge in [-0.25, -0.2) is 0 Å². The van der Waals surface area contributed by atoms with Crippen molar-refractivity contribution in [2.24, 2.45) is 0 Å². The van der Waals surface area contributed by atoms with Crippen molar-refractivity contribution in [1.82, 2.24) is 0 Å². The van der Waals surface area contributed by atoms with Crippen molar-refractivity contribution in [3.8, 4) is 17.1 Å². The third-order valence-corrected chi connectivity index (χ3v) is 2.22. The van der Waals surface area contributed by atoms with E-state index in [2.05, 4.69) is 0 Å². The minimum atomic E-state index is -0.0275. The molecule has 4 nitrogen and oxygen atoms in total. The molecule has 0 aliphatic heterocycles. The summed E-state index contributed by atoms with van der Waals surface area (Å²) in [6.45, 7) is 0.224. The van der Waals surface area contributed by atoms with Crippen molar-refractivity contribution in [3.63, 3.8) is 0 Å². The number of benzene rings is 1. The zero-order valence-electron chi connectivity index (χ0n) is 9.13. The van der Waals surface area contributed by atoms with E-state index in [-0.39, 0.29) is 13.2 Å². The average molecular weight is 232 g/mol. The van der Waals surface area contributed by atoms with Crippen LogP contribution in [-0.4, -0.2) is 24.6 Å². The van der Waals surface area contributed by atoms with E-state index in [9.17, 15) is 4.79 Å². The van der Waals surface area contributed by atoms with Crippen LogP contribution < -0.4 is 4.74 Å². The molecule has 2 aromatic rings. The lowest BCUT2D eigenvalue weighted by Gasteiger charge is -2.05. The summed E-state index contributed by atoms with van der Waals surface area (Å²) < 4.78 is 10.6. The normalized spacial score (nSPS) is 10.2. The summed E-state index contributed by atoms with van der Waals surface area (Å²) in [5, 5.41) is 8.67. The summed E-state index contributed by atoms with van der Waals surface area (Å²) in [4.78, 5) is 10.5. The number of hydrogen-bond acceptors (Lipinski definition) is 4. The molecule has 0 amide bonds. The fourth-order valence-corrected chi connectivity index (χ4v) is 1.47. The second-order valence-corrected chi connectivity index (χ2v) is 3.42. The smallest absolute Gasteiger partial charge is 0.185 e. The van der Waals surface area contributed by atoms with Gasteiger partial charge < -0.3 is 14.3 Å². The van der Waals surface area contributed by atoms with Gasteiger partial charge in [-0.15, -0.1) is 0 Å². The maximum atomic E-state index is 10.5. The lowest BCUT2D eigenvalue weighted by atomic mass is 10.1. The molecule has 2 rings (SSSR count). The maximum Gasteiger partial charge on any atom is 0.185 e. The van der Waals surface area contributed by atoms with E-state index in [0.29, 0.717) is 23.6 Å². The van der Waals surface area contributed by atoms with Crippen LogP contribution in [0.25, 0.3) is 11.3 Å². The second kappa shape index (κ2) is 5.32. The van der Waals surface area contributed by atoms with Crippen LogP contribution in [0.15, 0.2) is 40.8 Å². The standard InChI is InChI=1S/C13H12O4/c14-6-7-16-11-3-1-2-10(8-11)13-5-4-12(9-15)17-13/h1-5,8-9,14H,6-7H2. The number of ether oxygens (including phenoxy) is 1. The van der Waals surface area contributed by atoms with Crippen LogP contribution in [-0.2, 0) is 0 Å². The summed E-state index contributed by atoms with van der Waals surface area (Å²) in [7, 11) is 0. The molecule has 0 atom stereocenters. The van der Waals surface area contributed by atoms with E-state index in [1.165, 1.54) is 0 Å². The highest BCUT2D eigenvalue weighted by Crippen LogP contribution is 2.25. The highest BCUT2D eigenvalue weighted by Gasteiger charge is 2.05. The summed E-state index contributed by atoms with van der Waals surface area (Å²) in [5.41, 5.74) is 0.827. The third kappa shape index (κ3) is 2.73. The first-order chi connectivity index (χ1) is 8.33. The van der Waals surface area contributed by atoms with Gasteiger partial charge in [0.25, 0.3) is 0 Å². The Morgan fingerprint density at radius 2 is 2.18 bits per heavy atom. The molecule has 0 aliphatic rings. The van der Waals surface area contributed by atoms with Gasteiger partial charge in [-0.3, -0.25) is 4.79 Å². The fraction of sp³-hybridized carbons (Fsp3) is 0.154. The summed E-state index contributed by atoms with van der Waals surface area (Å²) in [5.74, 6) is 1.56. The lowest BCUT2D eigenvalue weighted by molar-refractivity contribution is 0.110. The predicted octanol–water partition coefficient (Wildman–Crippen LogP) is 2.13. The molecule has 0 saturated heterocycles. The van der Waals surface area contributed by atoms with Crippen molar-refractivity contribution in [2.45, 2.75) is 0 Å². The van der Waals surface area contributed by atoms with E-state index in [4.69, 9.17) is 14.3 Å². The summed E-state index contributed by atoms with van der Waals surface area (Å²) in [6, 6.07) is 10.6. The number of hydrogen-bond donors (Lipinski definition) is 1. The van der Waals surface area contributed by atoms with Crippen LogP contribution in [0.2, 0.25) is 0 Å². The zero-order valence-corrected chi connectivity index (χ0v) is 9.13. The molecular formula is C13H12O4. The van der Waals surface area contributed by atoms with Crippen molar-refractivity contribution in [3.05, 3.63) is 42.2 Å². The van der Waals surface area contributed by atoms with Crippen LogP contribution in [0.5, 0.6) is 5.75 Å². The average Bonchev–Trinajstić information content (AvgIpc) is 2.85. The Morgan fingerprint density at radius 3 is 2.88 bits per heavy atom. The third-order valence-electron chi connectivity index (χ3n) is 2.22. The second-order valence-electron chi connectivity index (χ2n) is 3.42. The molecule has 0 aliphatic carbocycles.